The molecular weight excluding hydrogens is 261 g/mol. The number of halogens is 2. The van der Waals surface area contributed by atoms with E-state index in [1.807, 2.05) is 6.07 Å². The predicted octanol–water partition coefficient (Wildman–Crippen LogP) is 4.93. The van der Waals surface area contributed by atoms with Crippen LogP contribution in [0.4, 0.5) is 4.39 Å². The SMILES string of the molecule is CCC(NCc1cc(F)cc(Cl)c1)C1CCCCC1. The molecule has 0 aliphatic heterocycles. The van der Waals surface area contributed by atoms with Gasteiger partial charge in [0.25, 0.3) is 0 Å². The van der Waals surface area contributed by atoms with E-state index in [0.29, 0.717) is 17.6 Å². The molecule has 0 spiro atoms. The van der Waals surface area contributed by atoms with Gasteiger partial charge in [-0.15, -0.1) is 0 Å². The maximum atomic E-state index is 13.3. The van der Waals surface area contributed by atoms with Crippen LogP contribution < -0.4 is 5.32 Å². The van der Waals surface area contributed by atoms with E-state index in [-0.39, 0.29) is 5.82 Å². The minimum Gasteiger partial charge on any atom is -0.310 e. The number of nitrogens with one attached hydrogen (secondary N) is 1. The minimum atomic E-state index is -0.255. The van der Waals surface area contributed by atoms with E-state index in [9.17, 15) is 4.39 Å². The smallest absolute Gasteiger partial charge is 0.125 e. The number of benzene rings is 1. The minimum absolute atomic E-state index is 0.255. The molecule has 0 heterocycles. The van der Waals surface area contributed by atoms with Crippen molar-refractivity contribution in [2.24, 2.45) is 5.92 Å². The lowest BCUT2D eigenvalue weighted by Gasteiger charge is -2.30. The molecule has 3 heteroatoms. The molecule has 1 saturated carbocycles. The fourth-order valence-electron chi connectivity index (χ4n) is 3.14. The first-order valence-corrected chi connectivity index (χ1v) is 7.75. The molecule has 1 aliphatic rings. The van der Waals surface area contributed by atoms with Gasteiger partial charge in [0.2, 0.25) is 0 Å². The summed E-state index contributed by atoms with van der Waals surface area (Å²) in [4.78, 5) is 0. The molecule has 1 N–H and O–H groups in total. The monoisotopic (exact) mass is 283 g/mol. The van der Waals surface area contributed by atoms with Crippen molar-refractivity contribution in [3.8, 4) is 0 Å². The molecule has 1 aliphatic carbocycles. The van der Waals surface area contributed by atoms with Gasteiger partial charge in [0.15, 0.2) is 0 Å². The molecule has 1 fully saturated rings. The van der Waals surface area contributed by atoms with Gasteiger partial charge in [-0.05, 0) is 48.9 Å². The largest absolute Gasteiger partial charge is 0.310 e. The first-order valence-electron chi connectivity index (χ1n) is 7.37. The molecule has 1 aromatic rings. The van der Waals surface area contributed by atoms with Crippen LogP contribution >= 0.6 is 11.6 Å². The second-order valence-corrected chi connectivity index (χ2v) is 6.01. The third-order valence-corrected chi connectivity index (χ3v) is 4.37. The van der Waals surface area contributed by atoms with E-state index >= 15 is 0 Å². The highest BCUT2D eigenvalue weighted by Gasteiger charge is 2.21. The Labute approximate surface area is 120 Å². The highest BCUT2D eigenvalue weighted by atomic mass is 35.5. The lowest BCUT2D eigenvalue weighted by molar-refractivity contribution is 0.261. The predicted molar refractivity (Wildman–Crippen MR) is 78.9 cm³/mol. The van der Waals surface area contributed by atoms with E-state index in [4.69, 9.17) is 11.6 Å². The van der Waals surface area contributed by atoms with Crippen LogP contribution in [0.2, 0.25) is 5.02 Å². The zero-order valence-electron chi connectivity index (χ0n) is 11.6. The van der Waals surface area contributed by atoms with E-state index in [0.717, 1.165) is 17.9 Å². The Bertz CT molecular complexity index is 381. The second-order valence-electron chi connectivity index (χ2n) is 5.57. The van der Waals surface area contributed by atoms with E-state index in [2.05, 4.69) is 12.2 Å². The van der Waals surface area contributed by atoms with Gasteiger partial charge < -0.3 is 5.32 Å². The number of rotatable bonds is 5. The van der Waals surface area contributed by atoms with Gasteiger partial charge in [-0.2, -0.15) is 0 Å². The molecule has 0 amide bonds. The van der Waals surface area contributed by atoms with Gasteiger partial charge in [0.1, 0.15) is 5.82 Å². The molecule has 0 radical (unpaired) electrons. The number of hydrogen-bond donors (Lipinski definition) is 1. The van der Waals surface area contributed by atoms with Gasteiger partial charge in [-0.25, -0.2) is 4.39 Å². The van der Waals surface area contributed by atoms with Gasteiger partial charge >= 0.3 is 0 Å². The molecule has 106 valence electrons. The summed E-state index contributed by atoms with van der Waals surface area (Å²) in [5.74, 6) is 0.526. The third-order valence-electron chi connectivity index (χ3n) is 4.15. The summed E-state index contributed by atoms with van der Waals surface area (Å²) >= 11 is 5.88. The Kier molecular flexibility index (Phi) is 5.65. The fourth-order valence-corrected chi connectivity index (χ4v) is 3.39. The summed E-state index contributed by atoms with van der Waals surface area (Å²) < 4.78 is 13.3. The molecule has 0 bridgehead atoms. The Morgan fingerprint density at radius 3 is 2.63 bits per heavy atom. The van der Waals surface area contributed by atoms with Crippen molar-refractivity contribution in [3.63, 3.8) is 0 Å². The quantitative estimate of drug-likeness (QED) is 0.808. The van der Waals surface area contributed by atoms with Crippen LogP contribution in [0, 0.1) is 11.7 Å². The van der Waals surface area contributed by atoms with Crippen LogP contribution in [0.25, 0.3) is 0 Å². The van der Waals surface area contributed by atoms with Crippen molar-refractivity contribution >= 4 is 11.6 Å². The van der Waals surface area contributed by atoms with Crippen LogP contribution in [0.5, 0.6) is 0 Å². The van der Waals surface area contributed by atoms with Crippen LogP contribution in [0.3, 0.4) is 0 Å². The molecule has 19 heavy (non-hydrogen) atoms. The van der Waals surface area contributed by atoms with Crippen LogP contribution in [0.15, 0.2) is 18.2 Å². The zero-order chi connectivity index (χ0) is 13.7. The summed E-state index contributed by atoms with van der Waals surface area (Å²) in [6, 6.07) is 5.30. The second kappa shape index (κ2) is 7.25. The number of hydrogen-bond acceptors (Lipinski definition) is 1. The van der Waals surface area contributed by atoms with Gasteiger partial charge in [0, 0.05) is 17.6 Å². The highest BCUT2D eigenvalue weighted by molar-refractivity contribution is 6.30. The molecule has 0 aromatic heterocycles. The maximum absolute atomic E-state index is 13.3. The summed E-state index contributed by atoms with van der Waals surface area (Å²) in [6.07, 6.45) is 7.88. The van der Waals surface area contributed by atoms with Crippen LogP contribution in [-0.2, 0) is 6.54 Å². The molecule has 0 saturated heterocycles. The summed E-state index contributed by atoms with van der Waals surface area (Å²) in [7, 11) is 0. The normalized spacial score (nSPS) is 18.5. The van der Waals surface area contributed by atoms with E-state index < -0.39 is 0 Å². The van der Waals surface area contributed by atoms with Crippen molar-refractivity contribution in [2.75, 3.05) is 0 Å². The van der Waals surface area contributed by atoms with Crippen LogP contribution in [0.1, 0.15) is 51.0 Å². The van der Waals surface area contributed by atoms with Crippen LogP contribution in [-0.4, -0.2) is 6.04 Å². The molecule has 1 unspecified atom stereocenters. The Morgan fingerprint density at radius 1 is 1.26 bits per heavy atom. The summed E-state index contributed by atoms with van der Waals surface area (Å²) in [5.41, 5.74) is 0.930. The van der Waals surface area contributed by atoms with E-state index in [1.54, 1.807) is 6.07 Å². The fraction of sp³-hybridized carbons (Fsp3) is 0.625. The Hall–Kier alpha value is -0.600. The van der Waals surface area contributed by atoms with E-state index in [1.165, 1.54) is 38.2 Å². The first kappa shape index (κ1) is 14.8. The average molecular weight is 284 g/mol. The van der Waals surface area contributed by atoms with Gasteiger partial charge in [-0.1, -0.05) is 37.8 Å². The lowest BCUT2D eigenvalue weighted by atomic mass is 9.83. The molecule has 1 nitrogen and oxygen atoms in total. The lowest BCUT2D eigenvalue weighted by Crippen LogP contribution is -2.36. The van der Waals surface area contributed by atoms with Gasteiger partial charge in [-0.3, -0.25) is 0 Å². The molecule has 1 aromatic carbocycles. The Morgan fingerprint density at radius 2 is 2.00 bits per heavy atom. The summed E-state index contributed by atoms with van der Waals surface area (Å²) in [6.45, 7) is 2.93. The van der Waals surface area contributed by atoms with Crippen molar-refractivity contribution in [1.82, 2.24) is 5.32 Å². The zero-order valence-corrected chi connectivity index (χ0v) is 12.3. The molecule has 2 rings (SSSR count). The third kappa shape index (κ3) is 4.47. The van der Waals surface area contributed by atoms with Crippen molar-refractivity contribution in [2.45, 2.75) is 58.0 Å². The average Bonchev–Trinajstić information content (AvgIpc) is 2.39. The van der Waals surface area contributed by atoms with Gasteiger partial charge in [0.05, 0.1) is 0 Å². The standard InChI is InChI=1S/C16H23ClFN/c1-2-16(13-6-4-3-5-7-13)19-11-12-8-14(17)10-15(18)9-12/h8-10,13,16,19H,2-7,11H2,1H3. The highest BCUT2D eigenvalue weighted by Crippen LogP contribution is 2.28. The first-order chi connectivity index (χ1) is 9.19. The Balaban J connectivity index is 1.91. The molecule has 1 atom stereocenters. The topological polar surface area (TPSA) is 12.0 Å². The van der Waals surface area contributed by atoms with Crippen molar-refractivity contribution < 1.29 is 4.39 Å². The summed E-state index contributed by atoms with van der Waals surface area (Å²) in [5, 5.41) is 4.06. The van der Waals surface area contributed by atoms with Crippen molar-refractivity contribution in [3.05, 3.63) is 34.6 Å². The van der Waals surface area contributed by atoms with Crippen molar-refractivity contribution in [1.29, 1.82) is 0 Å². The molecular formula is C16H23ClFN. The maximum Gasteiger partial charge on any atom is 0.125 e.